The number of allylic oxidation sites excluding steroid dienone is 4. The van der Waals surface area contributed by atoms with Gasteiger partial charge in [0.1, 0.15) is 12.2 Å². The zero-order valence-electron chi connectivity index (χ0n) is 20.2. The van der Waals surface area contributed by atoms with Gasteiger partial charge in [-0.3, -0.25) is 9.59 Å². The molecular weight excluding hydrogens is 456 g/mol. The summed E-state index contributed by atoms with van der Waals surface area (Å²) in [5, 5.41) is 19.8. The molecule has 6 aliphatic rings. The molecular formula is C30H44O6. The van der Waals surface area contributed by atoms with Crippen LogP contribution in [0.3, 0.4) is 0 Å². The minimum atomic E-state index is -0.356. The van der Waals surface area contributed by atoms with E-state index in [0.717, 1.165) is 0 Å². The molecule has 0 aromatic rings. The van der Waals surface area contributed by atoms with Crippen molar-refractivity contribution >= 4 is 11.9 Å². The molecule has 2 unspecified atom stereocenters. The minimum Gasteiger partial charge on any atom is -0.458 e. The van der Waals surface area contributed by atoms with Gasteiger partial charge in [0.15, 0.2) is 0 Å². The Bertz CT molecular complexity index is 879. The Hall–Kier alpha value is -2.18. The number of rotatable bonds is 2. The summed E-state index contributed by atoms with van der Waals surface area (Å²) in [6, 6.07) is 0. The number of carbonyl (C=O) groups excluding carboxylic acids is 2. The van der Waals surface area contributed by atoms with E-state index in [1.807, 2.05) is 12.2 Å². The molecule has 0 heterocycles. The van der Waals surface area contributed by atoms with Crippen LogP contribution in [0.1, 0.15) is 42.5 Å². The van der Waals surface area contributed by atoms with Gasteiger partial charge in [-0.05, 0) is 47.7 Å². The van der Waals surface area contributed by atoms with Crippen molar-refractivity contribution in [3.8, 4) is 0 Å². The van der Waals surface area contributed by atoms with Gasteiger partial charge in [-0.15, -0.1) is 0 Å². The van der Waals surface area contributed by atoms with Crippen LogP contribution in [0.2, 0.25) is 0 Å². The lowest BCUT2D eigenvalue weighted by Crippen LogP contribution is -2.43. The van der Waals surface area contributed by atoms with Gasteiger partial charge in [0.05, 0.1) is 12.2 Å². The van der Waals surface area contributed by atoms with Crippen molar-refractivity contribution in [3.05, 3.63) is 48.6 Å². The van der Waals surface area contributed by atoms with E-state index in [9.17, 15) is 19.8 Å². The summed E-state index contributed by atoms with van der Waals surface area (Å²) in [6.45, 7) is 7.33. The van der Waals surface area contributed by atoms with E-state index in [2.05, 4.69) is 38.2 Å². The maximum atomic E-state index is 11.3. The van der Waals surface area contributed by atoms with Crippen LogP contribution >= 0.6 is 0 Å². The number of aliphatic hydroxyl groups excluding tert-OH is 2. The van der Waals surface area contributed by atoms with Crippen LogP contribution in [-0.2, 0) is 19.1 Å². The number of hydrogen-bond donors (Lipinski definition) is 2. The van der Waals surface area contributed by atoms with Gasteiger partial charge in [0.2, 0.25) is 0 Å². The molecule has 0 spiro atoms. The first-order valence-corrected chi connectivity index (χ1v) is 12.6. The predicted octanol–water partition coefficient (Wildman–Crippen LogP) is 4.34. The summed E-state index contributed by atoms with van der Waals surface area (Å²) in [6.07, 6.45) is 15.1. The van der Waals surface area contributed by atoms with E-state index in [4.69, 9.17) is 9.47 Å². The molecule has 14 atom stereocenters. The molecule has 4 bridgehead atoms. The van der Waals surface area contributed by atoms with Crippen LogP contribution in [0.5, 0.6) is 0 Å². The number of aliphatic hydroxyl groups is 2. The van der Waals surface area contributed by atoms with Crippen molar-refractivity contribution in [2.45, 2.75) is 67.0 Å². The average molecular weight is 501 g/mol. The lowest BCUT2D eigenvalue weighted by molar-refractivity contribution is -0.155. The maximum absolute atomic E-state index is 11.3. The van der Waals surface area contributed by atoms with Crippen LogP contribution in [0.15, 0.2) is 48.6 Å². The zero-order chi connectivity index (χ0) is 24.3. The summed E-state index contributed by atoms with van der Waals surface area (Å²) in [4.78, 5) is 22.6. The highest BCUT2D eigenvalue weighted by Gasteiger charge is 2.57. The van der Waals surface area contributed by atoms with Gasteiger partial charge in [0.25, 0.3) is 0 Å². The molecule has 0 radical (unpaired) electrons. The van der Waals surface area contributed by atoms with Crippen LogP contribution < -0.4 is 0 Å². The van der Waals surface area contributed by atoms with Crippen molar-refractivity contribution in [2.75, 3.05) is 0 Å². The first-order chi connectivity index (χ1) is 16.2. The second kappa shape index (κ2) is 10.7. The highest BCUT2D eigenvalue weighted by molar-refractivity contribution is 5.67. The molecule has 6 nitrogen and oxygen atoms in total. The quantitative estimate of drug-likeness (QED) is 0.433. The number of ether oxygens (including phenoxy) is 2. The van der Waals surface area contributed by atoms with Crippen LogP contribution in [-0.4, -0.2) is 46.6 Å². The fraction of sp³-hybridized carbons (Fsp3) is 0.667. The molecule has 36 heavy (non-hydrogen) atoms. The standard InChI is InChI=1S/C16H20O4.C12H16O2.2CH4/c1-8-11-4-5-12(8)16-14(20-10(3)18)7-6-13(15(11)16)19-9(2)17;1-6-7-2-3-8(6)12-10(14)5-4-9(13)11(7)12;;/h4-8,11-16H,1-3H3;2-14H,1H3;2*1H4/t8?,11-,12+,13+,14-,15+,16-;6?,7-,8+,9+,10-,11+,12-;;. The van der Waals surface area contributed by atoms with Gasteiger partial charge in [0, 0.05) is 37.5 Å². The molecule has 6 rings (SSSR count). The van der Waals surface area contributed by atoms with Gasteiger partial charge in [-0.25, -0.2) is 0 Å². The van der Waals surface area contributed by atoms with Crippen molar-refractivity contribution in [2.24, 2.45) is 59.2 Å². The molecule has 2 saturated carbocycles. The summed E-state index contributed by atoms with van der Waals surface area (Å²) in [5.74, 6) is 3.27. The SMILES string of the molecule is C.C.CC(=O)O[C@H]1C=C[C@@H](OC(C)=O)[C@@H]2[C@H]1[C@@H]1C=C[C@H]2C1C.CC1[C@H]2C=C[C@@H]1[C@H]1[C@@H]2[C@@H](O)C=C[C@H]1O. The zero-order valence-corrected chi connectivity index (χ0v) is 20.2. The van der Waals surface area contributed by atoms with E-state index in [1.165, 1.54) is 13.8 Å². The maximum Gasteiger partial charge on any atom is 0.303 e. The normalized spacial score (nSPS) is 47.6. The smallest absolute Gasteiger partial charge is 0.303 e. The summed E-state index contributed by atoms with van der Waals surface area (Å²) < 4.78 is 10.9. The molecule has 2 fully saturated rings. The number of hydrogen-bond acceptors (Lipinski definition) is 6. The second-order valence-corrected chi connectivity index (χ2v) is 11.0. The molecule has 6 heteroatoms. The highest BCUT2D eigenvalue weighted by Crippen LogP contribution is 2.57. The third kappa shape index (κ3) is 4.51. The molecule has 0 saturated heterocycles. The Morgan fingerprint density at radius 3 is 1.17 bits per heavy atom. The second-order valence-electron chi connectivity index (χ2n) is 11.0. The third-order valence-electron chi connectivity index (χ3n) is 9.35. The summed E-state index contributed by atoms with van der Waals surface area (Å²) in [7, 11) is 0. The Morgan fingerprint density at radius 1 is 0.556 bits per heavy atom. The summed E-state index contributed by atoms with van der Waals surface area (Å²) in [5.41, 5.74) is 0. The van der Waals surface area contributed by atoms with Crippen molar-refractivity contribution in [1.29, 1.82) is 0 Å². The van der Waals surface area contributed by atoms with E-state index in [1.54, 1.807) is 12.2 Å². The van der Waals surface area contributed by atoms with E-state index >= 15 is 0 Å². The van der Waals surface area contributed by atoms with Crippen LogP contribution in [0.4, 0.5) is 0 Å². The van der Waals surface area contributed by atoms with E-state index < -0.39 is 0 Å². The molecule has 0 amide bonds. The lowest BCUT2D eigenvalue weighted by Gasteiger charge is -2.39. The van der Waals surface area contributed by atoms with Gasteiger partial charge < -0.3 is 19.7 Å². The fourth-order valence-corrected chi connectivity index (χ4v) is 8.03. The Labute approximate surface area is 216 Å². The summed E-state index contributed by atoms with van der Waals surface area (Å²) >= 11 is 0. The minimum absolute atomic E-state index is 0. The Morgan fingerprint density at radius 2 is 0.861 bits per heavy atom. The van der Waals surface area contributed by atoms with Crippen LogP contribution in [0, 0.1) is 59.2 Å². The first-order valence-electron chi connectivity index (χ1n) is 12.6. The molecule has 200 valence electrons. The molecule has 6 aliphatic carbocycles. The van der Waals surface area contributed by atoms with Gasteiger partial charge in [-0.1, -0.05) is 65.2 Å². The van der Waals surface area contributed by atoms with Crippen molar-refractivity contribution in [1.82, 2.24) is 0 Å². The molecule has 0 aromatic heterocycles. The molecule has 2 N–H and O–H groups in total. The van der Waals surface area contributed by atoms with Gasteiger partial charge in [-0.2, -0.15) is 0 Å². The van der Waals surface area contributed by atoms with Gasteiger partial charge >= 0.3 is 11.9 Å². The first kappa shape index (κ1) is 28.4. The lowest BCUT2D eigenvalue weighted by atomic mass is 9.73. The van der Waals surface area contributed by atoms with E-state index in [0.29, 0.717) is 35.5 Å². The Balaban J connectivity index is 0.000000200. The predicted molar refractivity (Wildman–Crippen MR) is 139 cm³/mol. The Kier molecular flexibility index (Phi) is 8.41. The monoisotopic (exact) mass is 500 g/mol. The topological polar surface area (TPSA) is 93.1 Å². The molecule has 0 aliphatic heterocycles. The van der Waals surface area contributed by atoms with Crippen molar-refractivity contribution < 1.29 is 29.3 Å². The molecule has 0 aromatic carbocycles. The average Bonchev–Trinajstić information content (AvgIpc) is 3.50. The van der Waals surface area contributed by atoms with E-state index in [-0.39, 0.29) is 74.9 Å². The third-order valence-corrected chi connectivity index (χ3v) is 9.35. The van der Waals surface area contributed by atoms with Crippen LogP contribution in [0.25, 0.3) is 0 Å². The number of fused-ring (bicyclic) bond motifs is 10. The number of carbonyl (C=O) groups is 2. The van der Waals surface area contributed by atoms with Crippen molar-refractivity contribution in [3.63, 3.8) is 0 Å². The highest BCUT2D eigenvalue weighted by atomic mass is 16.6. The largest absolute Gasteiger partial charge is 0.458 e. The fourth-order valence-electron chi connectivity index (χ4n) is 8.03. The number of esters is 2.